The van der Waals surface area contributed by atoms with Gasteiger partial charge in [-0.25, -0.2) is 0 Å². The highest BCUT2D eigenvalue weighted by Crippen LogP contribution is 2.34. The summed E-state index contributed by atoms with van der Waals surface area (Å²) in [6.45, 7) is 3.78. The predicted molar refractivity (Wildman–Crippen MR) is 84.7 cm³/mol. The number of aromatic amines is 1. The molecule has 1 aromatic heterocycles. The number of aliphatic hydroxyl groups is 1. The van der Waals surface area contributed by atoms with Crippen molar-refractivity contribution in [3.63, 3.8) is 0 Å². The Morgan fingerprint density at radius 2 is 2.29 bits per heavy atom. The number of hydrogen-bond acceptors (Lipinski definition) is 3. The largest absolute Gasteiger partial charge is 0.493 e. The summed E-state index contributed by atoms with van der Waals surface area (Å²) in [6, 6.07) is 6.13. The molecule has 1 fully saturated rings. The van der Waals surface area contributed by atoms with Crippen molar-refractivity contribution in [3.05, 3.63) is 30.0 Å². The third-order valence-corrected chi connectivity index (χ3v) is 4.21. The molecule has 4 nitrogen and oxygen atoms in total. The SMILES string of the molecule is CCCOc1cccc2[nH]cc(C(O)C3CCCCN3)c12. The second-order valence-electron chi connectivity index (χ2n) is 5.77. The summed E-state index contributed by atoms with van der Waals surface area (Å²) >= 11 is 0. The lowest BCUT2D eigenvalue weighted by molar-refractivity contribution is 0.115. The first-order valence-corrected chi connectivity index (χ1v) is 7.95. The average Bonchev–Trinajstić information content (AvgIpc) is 2.97. The van der Waals surface area contributed by atoms with Crippen LogP contribution < -0.4 is 10.1 Å². The van der Waals surface area contributed by atoms with Crippen LogP contribution in [0.4, 0.5) is 0 Å². The first-order valence-electron chi connectivity index (χ1n) is 7.95. The Hall–Kier alpha value is -1.52. The van der Waals surface area contributed by atoms with Gasteiger partial charge in [0.2, 0.25) is 0 Å². The number of hydrogen-bond donors (Lipinski definition) is 3. The van der Waals surface area contributed by atoms with Crippen molar-refractivity contribution < 1.29 is 9.84 Å². The van der Waals surface area contributed by atoms with Gasteiger partial charge in [0.1, 0.15) is 5.75 Å². The normalized spacial score (nSPS) is 20.6. The molecule has 0 amide bonds. The van der Waals surface area contributed by atoms with Crippen LogP contribution in [0.3, 0.4) is 0 Å². The number of fused-ring (bicyclic) bond motifs is 1. The van der Waals surface area contributed by atoms with Gasteiger partial charge >= 0.3 is 0 Å². The fourth-order valence-electron chi connectivity index (χ4n) is 3.11. The zero-order valence-electron chi connectivity index (χ0n) is 12.6. The highest BCUT2D eigenvalue weighted by Gasteiger charge is 2.25. The van der Waals surface area contributed by atoms with Crippen LogP contribution in [0.15, 0.2) is 24.4 Å². The molecular weight excluding hydrogens is 264 g/mol. The number of aliphatic hydroxyl groups excluding tert-OH is 1. The lowest BCUT2D eigenvalue weighted by atomic mass is 9.94. The van der Waals surface area contributed by atoms with Crippen LogP contribution in [0.5, 0.6) is 5.75 Å². The molecule has 0 saturated carbocycles. The fraction of sp³-hybridized carbons (Fsp3) is 0.529. The summed E-state index contributed by atoms with van der Waals surface area (Å²) in [5, 5.41) is 15.2. The summed E-state index contributed by atoms with van der Waals surface area (Å²) < 4.78 is 5.85. The van der Waals surface area contributed by atoms with Crippen LogP contribution in [0.25, 0.3) is 10.9 Å². The second kappa shape index (κ2) is 6.50. The Labute approximate surface area is 125 Å². The zero-order valence-corrected chi connectivity index (χ0v) is 12.6. The lowest BCUT2D eigenvalue weighted by Crippen LogP contribution is -2.38. The first-order chi connectivity index (χ1) is 10.3. The molecule has 1 aromatic carbocycles. The molecule has 0 spiro atoms. The molecular formula is C17H24N2O2. The van der Waals surface area contributed by atoms with Gasteiger partial charge in [-0.15, -0.1) is 0 Å². The van der Waals surface area contributed by atoms with E-state index < -0.39 is 6.10 Å². The summed E-state index contributed by atoms with van der Waals surface area (Å²) in [6.07, 6.45) is 5.79. The highest BCUT2D eigenvalue weighted by molar-refractivity contribution is 5.89. The van der Waals surface area contributed by atoms with Crippen molar-refractivity contribution >= 4 is 10.9 Å². The Bertz CT molecular complexity index is 587. The van der Waals surface area contributed by atoms with Crippen molar-refractivity contribution in [1.29, 1.82) is 0 Å². The maximum absolute atomic E-state index is 10.7. The summed E-state index contributed by atoms with van der Waals surface area (Å²) in [5.41, 5.74) is 1.96. The molecule has 0 radical (unpaired) electrons. The zero-order chi connectivity index (χ0) is 14.7. The standard InChI is InChI=1S/C17H24N2O2/c1-2-10-21-15-8-5-7-13-16(15)12(11-19-13)17(20)14-6-3-4-9-18-14/h5,7-8,11,14,17-20H,2-4,6,9-10H2,1H3. The van der Waals surface area contributed by atoms with Gasteiger partial charge in [0.25, 0.3) is 0 Å². The molecule has 3 rings (SSSR count). The smallest absolute Gasteiger partial charge is 0.129 e. The van der Waals surface area contributed by atoms with Crippen LogP contribution in [0.1, 0.15) is 44.3 Å². The molecule has 2 heterocycles. The van der Waals surface area contributed by atoms with E-state index in [9.17, 15) is 5.11 Å². The lowest BCUT2D eigenvalue weighted by Gasteiger charge is -2.28. The van der Waals surface area contributed by atoms with E-state index in [1.807, 2.05) is 24.4 Å². The Morgan fingerprint density at radius 3 is 3.05 bits per heavy atom. The number of nitrogens with one attached hydrogen (secondary N) is 2. The molecule has 0 bridgehead atoms. The minimum Gasteiger partial charge on any atom is -0.493 e. The summed E-state index contributed by atoms with van der Waals surface area (Å²) in [5.74, 6) is 0.862. The molecule has 3 N–H and O–H groups in total. The van der Waals surface area contributed by atoms with E-state index in [0.29, 0.717) is 6.61 Å². The Kier molecular flexibility index (Phi) is 4.46. The van der Waals surface area contributed by atoms with Crippen LogP contribution in [-0.2, 0) is 0 Å². The topological polar surface area (TPSA) is 57.3 Å². The molecule has 0 aliphatic carbocycles. The van der Waals surface area contributed by atoms with Crippen molar-refractivity contribution in [2.45, 2.75) is 44.8 Å². The molecule has 114 valence electrons. The summed E-state index contributed by atoms with van der Waals surface area (Å²) in [7, 11) is 0. The van der Waals surface area contributed by atoms with Crippen molar-refractivity contribution in [2.75, 3.05) is 13.2 Å². The van der Waals surface area contributed by atoms with Crippen LogP contribution in [-0.4, -0.2) is 29.3 Å². The van der Waals surface area contributed by atoms with Gasteiger partial charge in [-0.1, -0.05) is 19.4 Å². The maximum atomic E-state index is 10.7. The van der Waals surface area contributed by atoms with E-state index in [2.05, 4.69) is 17.2 Å². The number of rotatable bonds is 5. The van der Waals surface area contributed by atoms with Crippen LogP contribution in [0, 0.1) is 0 Å². The maximum Gasteiger partial charge on any atom is 0.129 e. The second-order valence-corrected chi connectivity index (χ2v) is 5.77. The van der Waals surface area contributed by atoms with E-state index in [1.54, 1.807) is 0 Å². The minimum absolute atomic E-state index is 0.136. The quantitative estimate of drug-likeness (QED) is 0.792. The molecule has 1 aliphatic rings. The molecule has 2 atom stereocenters. The van der Waals surface area contributed by atoms with Gasteiger partial charge in [0.05, 0.1) is 12.7 Å². The van der Waals surface area contributed by atoms with Gasteiger partial charge in [-0.05, 0) is 37.9 Å². The third kappa shape index (κ3) is 2.92. The Balaban J connectivity index is 1.93. The third-order valence-electron chi connectivity index (χ3n) is 4.21. The number of benzene rings is 1. The Morgan fingerprint density at radius 1 is 1.38 bits per heavy atom. The van der Waals surface area contributed by atoms with Crippen LogP contribution in [0.2, 0.25) is 0 Å². The molecule has 1 aliphatic heterocycles. The van der Waals surface area contributed by atoms with E-state index in [1.165, 1.54) is 12.8 Å². The number of aromatic nitrogens is 1. The minimum atomic E-state index is -0.495. The molecule has 2 aromatic rings. The van der Waals surface area contributed by atoms with E-state index in [4.69, 9.17) is 4.74 Å². The molecule has 1 saturated heterocycles. The first kappa shape index (κ1) is 14.4. The molecule has 2 unspecified atom stereocenters. The van der Waals surface area contributed by atoms with Gasteiger partial charge in [-0.3, -0.25) is 0 Å². The van der Waals surface area contributed by atoms with Gasteiger partial charge in [0, 0.05) is 28.7 Å². The predicted octanol–water partition coefficient (Wildman–Crippen LogP) is 3.13. The van der Waals surface area contributed by atoms with Crippen molar-refractivity contribution in [1.82, 2.24) is 10.3 Å². The van der Waals surface area contributed by atoms with Crippen molar-refractivity contribution in [2.24, 2.45) is 0 Å². The fourth-order valence-corrected chi connectivity index (χ4v) is 3.11. The van der Waals surface area contributed by atoms with E-state index in [-0.39, 0.29) is 6.04 Å². The van der Waals surface area contributed by atoms with E-state index >= 15 is 0 Å². The average molecular weight is 288 g/mol. The highest BCUT2D eigenvalue weighted by atomic mass is 16.5. The van der Waals surface area contributed by atoms with E-state index in [0.717, 1.165) is 41.6 Å². The van der Waals surface area contributed by atoms with Crippen molar-refractivity contribution in [3.8, 4) is 5.75 Å². The number of H-pyrrole nitrogens is 1. The molecule has 21 heavy (non-hydrogen) atoms. The van der Waals surface area contributed by atoms with Crippen LogP contribution >= 0.6 is 0 Å². The number of piperidine rings is 1. The number of ether oxygens (including phenoxy) is 1. The van der Waals surface area contributed by atoms with Gasteiger partial charge < -0.3 is 20.1 Å². The monoisotopic (exact) mass is 288 g/mol. The van der Waals surface area contributed by atoms with Gasteiger partial charge in [0.15, 0.2) is 0 Å². The molecule has 4 heteroatoms. The summed E-state index contributed by atoms with van der Waals surface area (Å²) in [4.78, 5) is 3.26. The van der Waals surface area contributed by atoms with Gasteiger partial charge in [-0.2, -0.15) is 0 Å².